The fourth-order valence-corrected chi connectivity index (χ4v) is 2.83. The highest BCUT2D eigenvalue weighted by Gasteiger charge is 2.30. The van der Waals surface area contributed by atoms with Crippen LogP contribution in [0.4, 0.5) is 4.79 Å². The fraction of sp³-hybridized carbons (Fsp3) is 0.900. The highest BCUT2D eigenvalue weighted by molar-refractivity contribution is 7.88. The molecular weight excluding hydrogens is 258 g/mol. The lowest BCUT2D eigenvalue weighted by Crippen LogP contribution is -2.56. The lowest BCUT2D eigenvalue weighted by Gasteiger charge is -2.30. The van der Waals surface area contributed by atoms with Crippen LogP contribution in [0.3, 0.4) is 0 Å². The maximum atomic E-state index is 11.7. The molecule has 0 radical (unpaired) electrons. The monoisotopic (exact) mass is 281 g/mol. The first-order valence-corrected chi connectivity index (χ1v) is 7.31. The zero-order valence-electron chi connectivity index (χ0n) is 11.3. The Morgan fingerprint density at radius 3 is 2.39 bits per heavy atom. The molecule has 4 N–H and O–H groups in total. The van der Waals surface area contributed by atoms with Gasteiger partial charge in [0.15, 0.2) is 0 Å². The molecule has 0 aromatic rings. The number of hydrogen-bond donors (Lipinski definition) is 3. The van der Waals surface area contributed by atoms with Gasteiger partial charge in [0, 0.05) is 12.1 Å². The molecule has 0 saturated heterocycles. The molecule has 108 valence electrons. The Bertz CT molecular complexity index is 369. The molecule has 0 spiro atoms. The molecule has 0 rings (SSSR count). The van der Waals surface area contributed by atoms with E-state index in [1.54, 1.807) is 18.6 Å². The number of nitrogens with two attached hydrogens (primary N) is 1. The van der Waals surface area contributed by atoms with Crippen molar-refractivity contribution in [2.24, 2.45) is 11.7 Å². The van der Waals surface area contributed by atoms with Crippen LogP contribution in [0.2, 0.25) is 0 Å². The predicted octanol–water partition coefficient (Wildman–Crippen LogP) is 0.330. The summed E-state index contributed by atoms with van der Waals surface area (Å²) in [4.78, 5) is 11.1. The average Bonchev–Trinajstić information content (AvgIpc) is 2.14. The van der Waals surface area contributed by atoms with Gasteiger partial charge in [-0.15, -0.1) is 0 Å². The van der Waals surface area contributed by atoms with E-state index in [9.17, 15) is 13.2 Å². The van der Waals surface area contributed by atoms with E-state index in [2.05, 4.69) is 9.46 Å². The Kier molecular flexibility index (Phi) is 6.58. The quantitative estimate of drug-likeness (QED) is 0.623. The van der Waals surface area contributed by atoms with Gasteiger partial charge in [-0.1, -0.05) is 13.8 Å². The summed E-state index contributed by atoms with van der Waals surface area (Å²) in [6.45, 7) is 7.43. The molecule has 0 aliphatic carbocycles. The predicted molar refractivity (Wildman–Crippen MR) is 69.1 cm³/mol. The van der Waals surface area contributed by atoms with Crippen LogP contribution in [0, 0.1) is 5.92 Å². The van der Waals surface area contributed by atoms with Gasteiger partial charge in [0.2, 0.25) is 0 Å². The molecule has 0 aliphatic heterocycles. The molecule has 0 saturated carbocycles. The van der Waals surface area contributed by atoms with Crippen molar-refractivity contribution in [3.05, 3.63) is 0 Å². The van der Waals surface area contributed by atoms with Crippen molar-refractivity contribution in [3.8, 4) is 0 Å². The second kappa shape index (κ2) is 6.91. The summed E-state index contributed by atoms with van der Waals surface area (Å²) in [6, 6.07) is 0. The molecule has 0 aromatic heterocycles. The van der Waals surface area contributed by atoms with E-state index in [4.69, 9.17) is 5.73 Å². The summed E-state index contributed by atoms with van der Waals surface area (Å²) >= 11 is 0. The maximum Gasteiger partial charge on any atom is 0.421 e. The second-order valence-electron chi connectivity index (χ2n) is 4.79. The molecule has 18 heavy (non-hydrogen) atoms. The molecule has 0 fully saturated rings. The third-order valence-corrected chi connectivity index (χ3v) is 3.38. The Morgan fingerprint density at radius 1 is 1.44 bits per heavy atom. The molecule has 7 nitrogen and oxygen atoms in total. The van der Waals surface area contributed by atoms with Crippen LogP contribution in [0.1, 0.15) is 34.1 Å². The van der Waals surface area contributed by atoms with Crippen molar-refractivity contribution >= 4 is 16.3 Å². The SMILES string of the molecule is CCOC(=O)NS(=O)(=O)NC(C)(CN)CC(C)C. The molecule has 0 bridgehead atoms. The summed E-state index contributed by atoms with van der Waals surface area (Å²) in [7, 11) is -3.97. The lowest BCUT2D eigenvalue weighted by atomic mass is 9.92. The second-order valence-corrected chi connectivity index (χ2v) is 6.21. The molecular formula is C10H23N3O4S. The first-order valence-electron chi connectivity index (χ1n) is 5.82. The van der Waals surface area contributed by atoms with E-state index < -0.39 is 21.8 Å². The van der Waals surface area contributed by atoms with Crippen molar-refractivity contribution in [1.29, 1.82) is 0 Å². The van der Waals surface area contributed by atoms with Crippen molar-refractivity contribution in [3.63, 3.8) is 0 Å². The zero-order chi connectivity index (χ0) is 14.4. The molecule has 0 aromatic carbocycles. The van der Waals surface area contributed by atoms with E-state index >= 15 is 0 Å². The highest BCUT2D eigenvalue weighted by atomic mass is 32.2. The van der Waals surface area contributed by atoms with Crippen molar-refractivity contribution < 1.29 is 17.9 Å². The summed E-state index contributed by atoms with van der Waals surface area (Å²) < 4.78 is 32.0. The first-order chi connectivity index (χ1) is 8.14. The fourth-order valence-electron chi connectivity index (χ4n) is 1.69. The topological polar surface area (TPSA) is 111 Å². The average molecular weight is 281 g/mol. The Labute approximate surface area is 109 Å². The van der Waals surface area contributed by atoms with Crippen molar-refractivity contribution in [1.82, 2.24) is 9.44 Å². The van der Waals surface area contributed by atoms with Gasteiger partial charge in [-0.05, 0) is 26.2 Å². The van der Waals surface area contributed by atoms with Gasteiger partial charge in [0.1, 0.15) is 0 Å². The van der Waals surface area contributed by atoms with Gasteiger partial charge in [0.05, 0.1) is 6.61 Å². The van der Waals surface area contributed by atoms with Crippen LogP contribution in [0.15, 0.2) is 0 Å². The van der Waals surface area contributed by atoms with Crippen LogP contribution in [-0.2, 0) is 14.9 Å². The van der Waals surface area contributed by atoms with Gasteiger partial charge in [0.25, 0.3) is 0 Å². The minimum atomic E-state index is -3.97. The van der Waals surface area contributed by atoms with Gasteiger partial charge < -0.3 is 10.5 Å². The van der Waals surface area contributed by atoms with Crippen LogP contribution in [-0.4, -0.2) is 33.2 Å². The van der Waals surface area contributed by atoms with Crippen LogP contribution in [0.25, 0.3) is 0 Å². The number of nitrogens with one attached hydrogen (secondary N) is 2. The number of hydrogen-bond acceptors (Lipinski definition) is 5. The number of ether oxygens (including phenoxy) is 1. The molecule has 1 atom stereocenters. The maximum absolute atomic E-state index is 11.7. The van der Waals surface area contributed by atoms with Gasteiger partial charge in [-0.25, -0.2) is 9.52 Å². The van der Waals surface area contributed by atoms with Gasteiger partial charge in [-0.3, -0.25) is 0 Å². The molecule has 1 unspecified atom stereocenters. The van der Waals surface area contributed by atoms with Gasteiger partial charge >= 0.3 is 16.3 Å². The summed E-state index contributed by atoms with van der Waals surface area (Å²) in [5, 5.41) is 0. The van der Waals surface area contributed by atoms with E-state index in [0.717, 1.165) is 0 Å². The summed E-state index contributed by atoms with van der Waals surface area (Å²) in [5.41, 5.74) is 4.78. The Balaban J connectivity index is 4.67. The Morgan fingerprint density at radius 2 is 2.00 bits per heavy atom. The molecule has 0 heterocycles. The first kappa shape index (κ1) is 17.1. The van der Waals surface area contributed by atoms with E-state index in [-0.39, 0.29) is 19.1 Å². The molecule has 8 heteroatoms. The van der Waals surface area contributed by atoms with E-state index in [1.165, 1.54) is 0 Å². The molecule has 1 amide bonds. The highest BCUT2D eigenvalue weighted by Crippen LogP contribution is 2.15. The third-order valence-electron chi connectivity index (χ3n) is 2.18. The number of carbonyl (C=O) groups is 1. The number of carbonyl (C=O) groups excluding carboxylic acids is 1. The third kappa shape index (κ3) is 6.77. The number of amides is 1. The molecule has 0 aliphatic rings. The normalized spacial score (nSPS) is 15.2. The van der Waals surface area contributed by atoms with Crippen LogP contribution >= 0.6 is 0 Å². The smallest absolute Gasteiger partial charge is 0.421 e. The van der Waals surface area contributed by atoms with Crippen LogP contribution in [0.5, 0.6) is 0 Å². The summed E-state index contributed by atoms with van der Waals surface area (Å²) in [5.74, 6) is 0.267. The largest absolute Gasteiger partial charge is 0.449 e. The zero-order valence-corrected chi connectivity index (χ0v) is 12.1. The minimum Gasteiger partial charge on any atom is -0.449 e. The van der Waals surface area contributed by atoms with Gasteiger partial charge in [-0.2, -0.15) is 13.1 Å². The lowest BCUT2D eigenvalue weighted by molar-refractivity contribution is 0.158. The van der Waals surface area contributed by atoms with E-state index in [1.807, 2.05) is 13.8 Å². The van der Waals surface area contributed by atoms with Crippen LogP contribution < -0.4 is 15.2 Å². The van der Waals surface area contributed by atoms with Crippen molar-refractivity contribution in [2.45, 2.75) is 39.7 Å². The minimum absolute atomic E-state index is 0.0987. The Hall–Kier alpha value is -0.860. The summed E-state index contributed by atoms with van der Waals surface area (Å²) in [6.07, 6.45) is -0.443. The van der Waals surface area contributed by atoms with E-state index in [0.29, 0.717) is 6.42 Å². The standard InChI is InChI=1S/C10H23N3O4S/c1-5-17-9(14)12-18(15,16)13-10(4,7-11)6-8(2)3/h8,13H,5-7,11H2,1-4H3,(H,12,14). The number of rotatable bonds is 7. The van der Waals surface area contributed by atoms with Crippen molar-refractivity contribution in [2.75, 3.05) is 13.2 Å².